The predicted molar refractivity (Wildman–Crippen MR) is 126 cm³/mol. The van der Waals surface area contributed by atoms with Crippen LogP contribution in [0.4, 0.5) is 13.2 Å². The van der Waals surface area contributed by atoms with Crippen LogP contribution in [0.5, 0.6) is 0 Å². The summed E-state index contributed by atoms with van der Waals surface area (Å²) in [5, 5.41) is 7.12. The number of carboxylic acid groups (broad SMARTS) is 1. The van der Waals surface area contributed by atoms with Gasteiger partial charge in [-0.1, -0.05) is 36.4 Å². The number of carboxylic acids is 1. The Kier molecular flexibility index (Phi) is 7.01. The first-order valence-corrected chi connectivity index (χ1v) is 11.4. The number of hydrogen-bond donors (Lipinski definition) is 3. The number of halogens is 3. The van der Waals surface area contributed by atoms with E-state index in [-0.39, 0.29) is 0 Å². The van der Waals surface area contributed by atoms with E-state index in [0.717, 1.165) is 47.8 Å². The molecule has 1 saturated heterocycles. The van der Waals surface area contributed by atoms with E-state index in [9.17, 15) is 13.2 Å². The standard InChI is InChI=1S/C22H22N4S.C2HF3O2/c23-17-11-12-26(14-17)13-15-5-7-16(8-6-15)20-9-10-21(27-20)22-24-18-3-1-2-4-19(18)25-22;3-2(4,5)1(6)7/h1-10,17H,11-14,23H2,(H,24,25);(H,6,7). The van der Waals surface area contributed by atoms with Crippen molar-refractivity contribution in [2.75, 3.05) is 13.1 Å². The summed E-state index contributed by atoms with van der Waals surface area (Å²) in [5.74, 6) is -1.82. The van der Waals surface area contributed by atoms with Crippen molar-refractivity contribution in [2.45, 2.75) is 25.2 Å². The predicted octanol–water partition coefficient (Wildman–Crippen LogP) is 5.12. The molecule has 2 aromatic carbocycles. The number of fused-ring (bicyclic) bond motifs is 1. The molecule has 10 heteroatoms. The fourth-order valence-corrected chi connectivity index (χ4v) is 4.69. The van der Waals surface area contributed by atoms with E-state index in [1.165, 1.54) is 16.0 Å². The van der Waals surface area contributed by atoms with Crippen molar-refractivity contribution in [3.8, 4) is 21.1 Å². The highest BCUT2D eigenvalue weighted by molar-refractivity contribution is 7.18. The number of aliphatic carboxylic acids is 1. The van der Waals surface area contributed by atoms with Crippen molar-refractivity contribution >= 4 is 28.3 Å². The van der Waals surface area contributed by atoms with Crippen LogP contribution in [0.3, 0.4) is 0 Å². The van der Waals surface area contributed by atoms with Gasteiger partial charge in [0, 0.05) is 30.6 Å². The summed E-state index contributed by atoms with van der Waals surface area (Å²) in [7, 11) is 0. The molecule has 34 heavy (non-hydrogen) atoms. The zero-order valence-electron chi connectivity index (χ0n) is 18.0. The van der Waals surface area contributed by atoms with Crippen molar-refractivity contribution in [3.63, 3.8) is 0 Å². The van der Waals surface area contributed by atoms with Gasteiger partial charge in [0.1, 0.15) is 5.82 Å². The lowest BCUT2D eigenvalue weighted by molar-refractivity contribution is -0.192. The van der Waals surface area contributed by atoms with E-state index >= 15 is 0 Å². The van der Waals surface area contributed by atoms with Gasteiger partial charge in [0.2, 0.25) is 0 Å². The molecule has 4 aromatic rings. The molecule has 3 heterocycles. The SMILES string of the molecule is NC1CCN(Cc2ccc(-c3ccc(-c4nc5ccccc5[nH]4)s3)cc2)C1.O=C(O)C(F)(F)F. The number of thiophene rings is 1. The van der Waals surface area contributed by atoms with Crippen LogP contribution in [0, 0.1) is 0 Å². The third-order valence-corrected chi connectivity index (χ3v) is 6.57. The Labute approximate surface area is 197 Å². The van der Waals surface area contributed by atoms with Crippen molar-refractivity contribution in [1.29, 1.82) is 0 Å². The molecule has 0 aliphatic carbocycles. The van der Waals surface area contributed by atoms with Crippen molar-refractivity contribution < 1.29 is 23.1 Å². The lowest BCUT2D eigenvalue weighted by atomic mass is 10.1. The number of aromatic nitrogens is 2. The molecule has 2 aromatic heterocycles. The number of imidazole rings is 1. The highest BCUT2D eigenvalue weighted by atomic mass is 32.1. The maximum Gasteiger partial charge on any atom is 0.490 e. The van der Waals surface area contributed by atoms with E-state index in [1.807, 2.05) is 18.2 Å². The summed E-state index contributed by atoms with van der Waals surface area (Å²) in [5.41, 5.74) is 10.7. The molecular weight excluding hydrogens is 465 g/mol. The normalized spacial score (nSPS) is 16.4. The molecule has 0 saturated carbocycles. The molecule has 1 atom stereocenters. The van der Waals surface area contributed by atoms with Crippen molar-refractivity contribution in [3.05, 3.63) is 66.2 Å². The van der Waals surface area contributed by atoms with Crippen LogP contribution in [0.2, 0.25) is 0 Å². The quantitative estimate of drug-likeness (QED) is 0.370. The largest absolute Gasteiger partial charge is 0.490 e. The Balaban J connectivity index is 0.000000344. The number of rotatable bonds is 4. The summed E-state index contributed by atoms with van der Waals surface area (Å²) in [6, 6.07) is 21.7. The second-order valence-corrected chi connectivity index (χ2v) is 9.13. The van der Waals surface area contributed by atoms with Gasteiger partial charge in [-0.3, -0.25) is 4.90 Å². The fraction of sp³-hybridized carbons (Fsp3) is 0.250. The molecule has 0 amide bonds. The highest BCUT2D eigenvalue weighted by Crippen LogP contribution is 2.34. The smallest absolute Gasteiger partial charge is 0.475 e. The number of likely N-dealkylation sites (tertiary alicyclic amines) is 1. The summed E-state index contributed by atoms with van der Waals surface area (Å²) >= 11 is 1.77. The summed E-state index contributed by atoms with van der Waals surface area (Å²) in [6.45, 7) is 3.10. The second-order valence-electron chi connectivity index (χ2n) is 8.05. The van der Waals surface area contributed by atoms with Crippen LogP contribution in [0.25, 0.3) is 32.2 Å². The third kappa shape index (κ3) is 5.82. The van der Waals surface area contributed by atoms with E-state index in [2.05, 4.69) is 52.3 Å². The Morgan fingerprint density at radius 2 is 1.79 bits per heavy atom. The molecule has 4 N–H and O–H groups in total. The van der Waals surface area contributed by atoms with Gasteiger partial charge in [0.05, 0.1) is 15.9 Å². The molecule has 0 spiro atoms. The molecule has 1 aliphatic heterocycles. The first kappa shape index (κ1) is 23.9. The van der Waals surface area contributed by atoms with Gasteiger partial charge >= 0.3 is 12.1 Å². The first-order valence-electron chi connectivity index (χ1n) is 10.6. The maximum atomic E-state index is 10.6. The minimum absolute atomic E-state index is 0.340. The molecule has 1 aliphatic rings. The van der Waals surface area contributed by atoms with Gasteiger partial charge in [0.15, 0.2) is 0 Å². The van der Waals surface area contributed by atoms with Crippen molar-refractivity contribution in [1.82, 2.24) is 14.9 Å². The van der Waals surface area contributed by atoms with Gasteiger partial charge < -0.3 is 15.8 Å². The number of H-pyrrole nitrogens is 1. The Hall–Kier alpha value is -3.21. The number of nitrogens with two attached hydrogens (primary N) is 1. The highest BCUT2D eigenvalue weighted by Gasteiger charge is 2.38. The molecule has 1 unspecified atom stereocenters. The van der Waals surface area contributed by atoms with Crippen LogP contribution >= 0.6 is 11.3 Å². The van der Waals surface area contributed by atoms with Gasteiger partial charge in [-0.25, -0.2) is 9.78 Å². The summed E-state index contributed by atoms with van der Waals surface area (Å²) in [4.78, 5) is 21.9. The van der Waals surface area contributed by atoms with Crippen molar-refractivity contribution in [2.24, 2.45) is 5.73 Å². The van der Waals surface area contributed by atoms with Gasteiger partial charge in [-0.2, -0.15) is 13.2 Å². The van der Waals surface area contributed by atoms with Crippen LogP contribution in [-0.2, 0) is 11.3 Å². The topological polar surface area (TPSA) is 95.2 Å². The summed E-state index contributed by atoms with van der Waals surface area (Å²) < 4.78 is 31.7. The lowest BCUT2D eigenvalue weighted by Gasteiger charge is -2.15. The molecular formula is C24H23F3N4O2S. The van der Waals surface area contributed by atoms with E-state index in [0.29, 0.717) is 6.04 Å². The number of hydrogen-bond acceptors (Lipinski definition) is 5. The molecule has 0 bridgehead atoms. The average molecular weight is 489 g/mol. The first-order chi connectivity index (χ1) is 16.2. The Bertz CT molecular complexity index is 1230. The van der Waals surface area contributed by atoms with Crippen LogP contribution in [0.1, 0.15) is 12.0 Å². The van der Waals surface area contributed by atoms with Crippen LogP contribution < -0.4 is 5.73 Å². The number of nitrogens with one attached hydrogen (secondary N) is 1. The number of nitrogens with zero attached hydrogens (tertiary/aromatic N) is 2. The van der Waals surface area contributed by atoms with Crippen LogP contribution in [0.15, 0.2) is 60.7 Å². The maximum absolute atomic E-state index is 10.6. The van der Waals surface area contributed by atoms with E-state index in [4.69, 9.17) is 20.6 Å². The number of alkyl halides is 3. The third-order valence-electron chi connectivity index (χ3n) is 5.42. The van der Waals surface area contributed by atoms with E-state index in [1.54, 1.807) is 11.3 Å². The monoisotopic (exact) mass is 488 g/mol. The number of benzene rings is 2. The molecule has 178 valence electrons. The second kappa shape index (κ2) is 9.96. The number of aromatic amines is 1. The van der Waals surface area contributed by atoms with Gasteiger partial charge in [-0.05, 0) is 41.8 Å². The summed E-state index contributed by atoms with van der Waals surface area (Å²) in [6.07, 6.45) is -3.97. The molecule has 1 fully saturated rings. The minimum atomic E-state index is -5.08. The Morgan fingerprint density at radius 1 is 1.12 bits per heavy atom. The van der Waals surface area contributed by atoms with E-state index < -0.39 is 12.1 Å². The fourth-order valence-electron chi connectivity index (χ4n) is 3.73. The van der Waals surface area contributed by atoms with Crippen LogP contribution in [-0.4, -0.2) is 51.3 Å². The average Bonchev–Trinajstić information content (AvgIpc) is 3.53. The number of carbonyl (C=O) groups is 1. The van der Waals surface area contributed by atoms with Gasteiger partial charge in [0.25, 0.3) is 0 Å². The molecule has 5 rings (SSSR count). The zero-order chi connectivity index (χ0) is 24.3. The molecule has 6 nitrogen and oxygen atoms in total. The Morgan fingerprint density at radius 3 is 2.41 bits per heavy atom. The van der Waals surface area contributed by atoms with Gasteiger partial charge in [-0.15, -0.1) is 11.3 Å². The molecule has 0 radical (unpaired) electrons. The zero-order valence-corrected chi connectivity index (χ0v) is 18.9. The minimum Gasteiger partial charge on any atom is -0.475 e. The lowest BCUT2D eigenvalue weighted by Crippen LogP contribution is -2.26. The number of para-hydroxylation sites is 2.